The van der Waals surface area contributed by atoms with E-state index in [1.165, 1.54) is 0 Å². The summed E-state index contributed by atoms with van der Waals surface area (Å²) in [4.78, 5) is -0.812. The number of hydrogen-bond acceptors (Lipinski definition) is 6. The van der Waals surface area contributed by atoms with E-state index in [0.717, 1.165) is 0 Å². The van der Waals surface area contributed by atoms with E-state index < -0.39 is 20.2 Å². The molecule has 0 amide bonds. The van der Waals surface area contributed by atoms with Gasteiger partial charge in [0.1, 0.15) is 4.84 Å². The molecule has 0 aliphatic carbocycles. The predicted octanol–water partition coefficient (Wildman–Crippen LogP) is 0.992. The number of sulfone groups is 1. The highest BCUT2D eigenvalue weighted by Gasteiger charge is 2.28. The number of nitrogens with two attached hydrogens (primary N) is 1. The molecule has 0 rings (SSSR count). The van der Waals surface area contributed by atoms with E-state index in [-0.39, 0.29) is 24.5 Å². The Morgan fingerprint density at radius 2 is 1.57 bits per heavy atom. The second-order valence-corrected chi connectivity index (χ2v) is 8.33. The summed E-state index contributed by atoms with van der Waals surface area (Å²) in [7, 11) is -1.64. The molecule has 1 unspecified atom stereocenters. The molecule has 0 saturated heterocycles. The second kappa shape index (κ2) is 11.0. The SMILES string of the molecule is COCCOCCOCCS(=O)(=O)CCC(C)(N)C(Cl)Cl. The van der Waals surface area contributed by atoms with Gasteiger partial charge < -0.3 is 19.9 Å². The first-order valence-corrected chi connectivity index (χ1v) is 9.32. The lowest BCUT2D eigenvalue weighted by atomic mass is 10.0. The van der Waals surface area contributed by atoms with Crippen molar-refractivity contribution in [3.63, 3.8) is 0 Å². The number of methoxy groups -OCH3 is 1. The third-order valence-electron chi connectivity index (χ3n) is 2.79. The maximum atomic E-state index is 11.8. The molecule has 9 heteroatoms. The summed E-state index contributed by atoms with van der Waals surface area (Å²) in [6, 6.07) is 0. The lowest BCUT2D eigenvalue weighted by Crippen LogP contribution is -2.44. The Balaban J connectivity index is 3.74. The molecule has 128 valence electrons. The van der Waals surface area contributed by atoms with E-state index in [2.05, 4.69) is 0 Å². The number of hydrogen-bond donors (Lipinski definition) is 1. The molecule has 0 aliphatic rings. The number of halogens is 2. The van der Waals surface area contributed by atoms with Crippen molar-refractivity contribution in [1.29, 1.82) is 0 Å². The molecule has 0 aromatic rings. The van der Waals surface area contributed by atoms with Crippen molar-refractivity contribution in [3.8, 4) is 0 Å². The van der Waals surface area contributed by atoms with Crippen LogP contribution < -0.4 is 5.73 Å². The highest BCUT2D eigenvalue weighted by molar-refractivity contribution is 7.91. The molecule has 1 atom stereocenters. The van der Waals surface area contributed by atoms with Crippen LogP contribution in [-0.2, 0) is 24.0 Å². The van der Waals surface area contributed by atoms with Crippen LogP contribution in [-0.4, -0.2) is 70.4 Å². The first kappa shape index (κ1) is 21.4. The molecule has 6 nitrogen and oxygen atoms in total. The normalized spacial score (nSPS) is 15.3. The average molecular weight is 366 g/mol. The van der Waals surface area contributed by atoms with Gasteiger partial charge in [-0.2, -0.15) is 0 Å². The zero-order valence-corrected chi connectivity index (χ0v) is 14.8. The van der Waals surface area contributed by atoms with E-state index in [0.29, 0.717) is 26.4 Å². The van der Waals surface area contributed by atoms with Crippen molar-refractivity contribution in [1.82, 2.24) is 0 Å². The van der Waals surface area contributed by atoms with Crippen molar-refractivity contribution in [2.45, 2.75) is 23.7 Å². The summed E-state index contributed by atoms with van der Waals surface area (Å²) < 4.78 is 38.8. The van der Waals surface area contributed by atoms with E-state index in [1.54, 1.807) is 14.0 Å². The topological polar surface area (TPSA) is 87.9 Å². The van der Waals surface area contributed by atoms with Crippen molar-refractivity contribution in [3.05, 3.63) is 0 Å². The lowest BCUT2D eigenvalue weighted by Gasteiger charge is -2.25. The van der Waals surface area contributed by atoms with Crippen LogP contribution in [0.4, 0.5) is 0 Å². The average Bonchev–Trinajstić information content (AvgIpc) is 2.40. The highest BCUT2D eigenvalue weighted by Crippen LogP contribution is 2.21. The fourth-order valence-electron chi connectivity index (χ4n) is 1.24. The molecule has 0 aliphatic heterocycles. The Labute approximate surface area is 137 Å². The largest absolute Gasteiger partial charge is 0.382 e. The molecule has 0 aromatic heterocycles. The van der Waals surface area contributed by atoms with Crippen molar-refractivity contribution in [2.75, 3.05) is 51.6 Å². The van der Waals surface area contributed by atoms with Gasteiger partial charge in [-0.3, -0.25) is 0 Å². The van der Waals surface area contributed by atoms with E-state index in [9.17, 15) is 8.42 Å². The van der Waals surface area contributed by atoms with Crippen LogP contribution in [0, 0.1) is 0 Å². The molecule has 0 bridgehead atoms. The van der Waals surface area contributed by atoms with Crippen molar-refractivity contribution >= 4 is 33.0 Å². The zero-order chi connectivity index (χ0) is 16.4. The smallest absolute Gasteiger partial charge is 0.152 e. The molecule has 0 spiro atoms. The van der Waals surface area contributed by atoms with Gasteiger partial charge in [-0.15, -0.1) is 23.2 Å². The molecule has 0 radical (unpaired) electrons. The Bertz CT molecular complexity index is 363. The highest BCUT2D eigenvalue weighted by atomic mass is 35.5. The first-order chi connectivity index (χ1) is 9.71. The van der Waals surface area contributed by atoms with Crippen molar-refractivity contribution < 1.29 is 22.6 Å². The van der Waals surface area contributed by atoms with Crippen LogP contribution in [0.25, 0.3) is 0 Å². The van der Waals surface area contributed by atoms with Gasteiger partial charge in [0, 0.05) is 12.6 Å². The van der Waals surface area contributed by atoms with Gasteiger partial charge >= 0.3 is 0 Å². The minimum Gasteiger partial charge on any atom is -0.382 e. The lowest BCUT2D eigenvalue weighted by molar-refractivity contribution is 0.0284. The van der Waals surface area contributed by atoms with Gasteiger partial charge in [0.25, 0.3) is 0 Å². The summed E-state index contributed by atoms with van der Waals surface area (Å²) >= 11 is 11.4. The first-order valence-electron chi connectivity index (χ1n) is 6.63. The number of rotatable bonds is 13. The summed E-state index contributed by atoms with van der Waals surface area (Å²) in [5.41, 5.74) is 4.89. The van der Waals surface area contributed by atoms with Gasteiger partial charge in [0.2, 0.25) is 0 Å². The molecule has 21 heavy (non-hydrogen) atoms. The Morgan fingerprint density at radius 1 is 1.05 bits per heavy atom. The van der Waals surface area contributed by atoms with Crippen LogP contribution in [0.1, 0.15) is 13.3 Å². The molecular weight excluding hydrogens is 341 g/mol. The fraction of sp³-hybridized carbons (Fsp3) is 1.00. The summed E-state index contributed by atoms with van der Waals surface area (Å²) in [6.45, 7) is 3.52. The molecule has 0 aromatic carbocycles. The van der Waals surface area contributed by atoms with Gasteiger partial charge in [0.15, 0.2) is 9.84 Å². The Hall–Kier alpha value is 0.370. The van der Waals surface area contributed by atoms with Crippen molar-refractivity contribution in [2.24, 2.45) is 5.73 Å². The molecule has 2 N–H and O–H groups in total. The van der Waals surface area contributed by atoms with Crippen LogP contribution in [0.2, 0.25) is 0 Å². The zero-order valence-electron chi connectivity index (χ0n) is 12.5. The van der Waals surface area contributed by atoms with Crippen LogP contribution in [0.3, 0.4) is 0 Å². The summed E-state index contributed by atoms with van der Waals surface area (Å²) in [5.74, 6) is -0.125. The predicted molar refractivity (Wildman–Crippen MR) is 84.9 cm³/mol. The van der Waals surface area contributed by atoms with Gasteiger partial charge in [-0.1, -0.05) is 0 Å². The van der Waals surface area contributed by atoms with Crippen LogP contribution in [0.15, 0.2) is 0 Å². The minimum absolute atomic E-state index is 0.0591. The number of alkyl halides is 2. The fourth-order valence-corrected chi connectivity index (χ4v) is 2.78. The van der Waals surface area contributed by atoms with E-state index >= 15 is 0 Å². The van der Waals surface area contributed by atoms with E-state index in [4.69, 9.17) is 43.1 Å². The van der Waals surface area contributed by atoms with E-state index in [1.807, 2.05) is 0 Å². The standard InChI is InChI=1S/C12H25Cl2NO5S/c1-12(15,11(13)14)3-9-21(16,17)10-8-20-7-6-19-5-4-18-2/h11H,3-10,15H2,1-2H3. The third-order valence-corrected chi connectivity index (χ3v) is 5.40. The second-order valence-electron chi connectivity index (χ2n) is 4.93. The summed E-state index contributed by atoms with van der Waals surface area (Å²) in [5, 5.41) is 0. The van der Waals surface area contributed by atoms with Gasteiger partial charge in [-0.25, -0.2) is 8.42 Å². The molecular formula is C12H25Cl2NO5S. The summed E-state index contributed by atoms with van der Waals surface area (Å²) in [6.07, 6.45) is 0.202. The van der Waals surface area contributed by atoms with Crippen LogP contribution >= 0.6 is 23.2 Å². The molecule has 0 fully saturated rings. The maximum absolute atomic E-state index is 11.8. The Morgan fingerprint density at radius 3 is 2.10 bits per heavy atom. The van der Waals surface area contributed by atoms with Gasteiger partial charge in [-0.05, 0) is 13.3 Å². The molecule has 0 saturated carbocycles. The third kappa shape index (κ3) is 11.6. The van der Waals surface area contributed by atoms with Gasteiger partial charge in [0.05, 0.1) is 44.5 Å². The maximum Gasteiger partial charge on any atom is 0.152 e. The molecule has 0 heterocycles. The monoisotopic (exact) mass is 365 g/mol. The van der Waals surface area contributed by atoms with Crippen LogP contribution in [0.5, 0.6) is 0 Å². The minimum atomic E-state index is -3.23. The number of ether oxygens (including phenoxy) is 3. The Kier molecular flexibility index (Phi) is 11.2. The quantitative estimate of drug-likeness (QED) is 0.386.